The molecule has 0 radical (unpaired) electrons. The second-order valence-corrected chi connectivity index (χ2v) is 5.88. The molecule has 0 fully saturated rings. The van der Waals surface area contributed by atoms with E-state index in [1.165, 1.54) is 0 Å². The summed E-state index contributed by atoms with van der Waals surface area (Å²) in [6.07, 6.45) is 1.71. The summed E-state index contributed by atoms with van der Waals surface area (Å²) in [7, 11) is 0. The predicted molar refractivity (Wildman–Crippen MR) is 104 cm³/mol. The van der Waals surface area contributed by atoms with E-state index in [-0.39, 0.29) is 5.56 Å². The zero-order valence-electron chi connectivity index (χ0n) is 14.8. The van der Waals surface area contributed by atoms with Crippen LogP contribution in [-0.4, -0.2) is 15.3 Å². The third-order valence-electron chi connectivity index (χ3n) is 4.26. The molecule has 5 nitrogen and oxygen atoms in total. The van der Waals surface area contributed by atoms with Crippen molar-refractivity contribution in [2.75, 3.05) is 5.43 Å². The fraction of sp³-hybridized carbons (Fsp3) is 0.250. The number of fused-ring (bicyclic) bond motifs is 1. The van der Waals surface area contributed by atoms with Gasteiger partial charge in [0, 0.05) is 5.71 Å². The Morgan fingerprint density at radius 2 is 1.76 bits per heavy atom. The number of hydrazone groups is 1. The van der Waals surface area contributed by atoms with Gasteiger partial charge in [0.25, 0.3) is 5.56 Å². The Morgan fingerprint density at radius 3 is 2.48 bits per heavy atom. The van der Waals surface area contributed by atoms with Gasteiger partial charge < -0.3 is 0 Å². The van der Waals surface area contributed by atoms with Gasteiger partial charge >= 0.3 is 0 Å². The Balaban J connectivity index is 2.27. The van der Waals surface area contributed by atoms with Gasteiger partial charge in [-0.05, 0) is 43.5 Å². The minimum atomic E-state index is -0.104. The molecule has 0 bridgehead atoms. The average molecular weight is 334 g/mol. The number of rotatable bonds is 5. The number of benzene rings is 2. The number of nitrogens with one attached hydrogen (secondary N) is 1. The van der Waals surface area contributed by atoms with Crippen LogP contribution in [0, 0.1) is 6.92 Å². The zero-order valence-corrected chi connectivity index (χ0v) is 14.8. The summed E-state index contributed by atoms with van der Waals surface area (Å²) >= 11 is 0. The van der Waals surface area contributed by atoms with Crippen LogP contribution in [0.25, 0.3) is 16.6 Å². The molecule has 0 atom stereocenters. The van der Waals surface area contributed by atoms with Crippen molar-refractivity contribution >= 4 is 22.6 Å². The van der Waals surface area contributed by atoms with E-state index in [9.17, 15) is 4.79 Å². The summed E-state index contributed by atoms with van der Waals surface area (Å²) in [4.78, 5) is 17.8. The lowest BCUT2D eigenvalue weighted by atomic mass is 10.2. The summed E-state index contributed by atoms with van der Waals surface area (Å²) in [5, 5.41) is 5.03. The normalized spacial score (nSPS) is 10.7. The van der Waals surface area contributed by atoms with Gasteiger partial charge in [0.05, 0.1) is 16.6 Å². The third kappa shape index (κ3) is 3.31. The van der Waals surface area contributed by atoms with E-state index in [0.29, 0.717) is 16.9 Å². The van der Waals surface area contributed by atoms with Crippen LogP contribution in [0.5, 0.6) is 0 Å². The van der Waals surface area contributed by atoms with Gasteiger partial charge in [-0.15, -0.1) is 0 Å². The number of aryl methyl sites for hydroxylation is 1. The van der Waals surface area contributed by atoms with Crippen molar-refractivity contribution in [3.05, 3.63) is 64.4 Å². The molecule has 0 aliphatic rings. The Morgan fingerprint density at radius 1 is 1.08 bits per heavy atom. The molecule has 0 unspecified atom stereocenters. The highest BCUT2D eigenvalue weighted by atomic mass is 16.1. The van der Waals surface area contributed by atoms with E-state index in [2.05, 4.69) is 29.4 Å². The first-order valence-corrected chi connectivity index (χ1v) is 8.55. The van der Waals surface area contributed by atoms with E-state index in [4.69, 9.17) is 0 Å². The molecular weight excluding hydrogens is 312 g/mol. The van der Waals surface area contributed by atoms with Crippen LogP contribution in [0.15, 0.2) is 58.4 Å². The molecule has 3 rings (SSSR count). The molecule has 25 heavy (non-hydrogen) atoms. The van der Waals surface area contributed by atoms with Gasteiger partial charge in [0.2, 0.25) is 5.95 Å². The van der Waals surface area contributed by atoms with Crippen molar-refractivity contribution in [2.45, 2.75) is 33.6 Å². The summed E-state index contributed by atoms with van der Waals surface area (Å²) in [5.74, 6) is 0.428. The molecule has 0 aliphatic carbocycles. The molecule has 0 spiro atoms. The van der Waals surface area contributed by atoms with Gasteiger partial charge in [-0.2, -0.15) is 5.10 Å². The highest BCUT2D eigenvalue weighted by Gasteiger charge is 2.13. The van der Waals surface area contributed by atoms with Crippen LogP contribution in [0.2, 0.25) is 0 Å². The largest absolute Gasteiger partial charge is 0.268 e. The van der Waals surface area contributed by atoms with Crippen molar-refractivity contribution in [3.8, 4) is 5.69 Å². The summed E-state index contributed by atoms with van der Waals surface area (Å²) in [6, 6.07) is 15.1. The van der Waals surface area contributed by atoms with Crippen molar-refractivity contribution in [1.29, 1.82) is 0 Å². The van der Waals surface area contributed by atoms with E-state index in [1.807, 2.05) is 49.4 Å². The first kappa shape index (κ1) is 16.9. The second kappa shape index (κ2) is 7.30. The number of hydrogen-bond acceptors (Lipinski definition) is 4. The van der Waals surface area contributed by atoms with Crippen molar-refractivity contribution < 1.29 is 0 Å². The monoisotopic (exact) mass is 334 g/mol. The number of nitrogens with zero attached hydrogens (tertiary/aromatic N) is 3. The molecule has 2 aromatic carbocycles. The summed E-state index contributed by atoms with van der Waals surface area (Å²) in [5.41, 5.74) is 6.40. The molecule has 1 N–H and O–H groups in total. The van der Waals surface area contributed by atoms with Crippen molar-refractivity contribution in [2.24, 2.45) is 5.10 Å². The maximum atomic E-state index is 13.1. The average Bonchev–Trinajstić information content (AvgIpc) is 2.64. The number of para-hydroxylation sites is 2. The van der Waals surface area contributed by atoms with Crippen LogP contribution in [0.1, 0.15) is 32.3 Å². The predicted octanol–water partition coefficient (Wildman–Crippen LogP) is 4.28. The molecule has 5 heteroatoms. The standard InChI is InChI=1S/C20H22N4O/c1-4-15(5-2)22-23-20-21-17-12-8-7-11-16(17)19(25)24(20)18-13-9-6-10-14(18)3/h6-13H,4-5H2,1-3H3,(H,21,23). The van der Waals surface area contributed by atoms with Gasteiger partial charge in [0.15, 0.2) is 0 Å². The molecule has 128 valence electrons. The summed E-state index contributed by atoms with van der Waals surface area (Å²) < 4.78 is 1.60. The first-order chi connectivity index (χ1) is 12.2. The molecule has 0 saturated carbocycles. The zero-order chi connectivity index (χ0) is 17.8. The van der Waals surface area contributed by atoms with Gasteiger partial charge in [-0.25, -0.2) is 15.0 Å². The second-order valence-electron chi connectivity index (χ2n) is 5.88. The van der Waals surface area contributed by atoms with E-state index in [1.54, 1.807) is 10.6 Å². The smallest absolute Gasteiger partial charge is 0.267 e. The topological polar surface area (TPSA) is 59.3 Å². The lowest BCUT2D eigenvalue weighted by Gasteiger charge is -2.15. The Bertz CT molecular complexity index is 982. The lowest BCUT2D eigenvalue weighted by Crippen LogP contribution is -2.23. The van der Waals surface area contributed by atoms with Crippen LogP contribution in [0.3, 0.4) is 0 Å². The number of aromatic nitrogens is 2. The Labute approximate surface area is 147 Å². The highest BCUT2D eigenvalue weighted by Crippen LogP contribution is 2.19. The molecule has 1 heterocycles. The Hall–Kier alpha value is -2.95. The third-order valence-corrected chi connectivity index (χ3v) is 4.26. The van der Waals surface area contributed by atoms with Crippen LogP contribution < -0.4 is 11.0 Å². The number of anilines is 1. The molecule has 1 aromatic heterocycles. The van der Waals surface area contributed by atoms with Gasteiger partial charge in [-0.3, -0.25) is 4.79 Å². The molecule has 0 saturated heterocycles. The quantitative estimate of drug-likeness (QED) is 0.559. The highest BCUT2D eigenvalue weighted by molar-refractivity contribution is 5.84. The van der Waals surface area contributed by atoms with E-state index in [0.717, 1.165) is 29.8 Å². The fourth-order valence-corrected chi connectivity index (χ4v) is 2.78. The molecule has 0 aliphatic heterocycles. The maximum Gasteiger partial charge on any atom is 0.267 e. The minimum absolute atomic E-state index is 0.104. The fourth-order valence-electron chi connectivity index (χ4n) is 2.78. The minimum Gasteiger partial charge on any atom is -0.268 e. The SMILES string of the molecule is CCC(CC)=NNc1nc2ccccc2c(=O)n1-c1ccccc1C. The molecule has 3 aromatic rings. The maximum absolute atomic E-state index is 13.1. The lowest BCUT2D eigenvalue weighted by molar-refractivity contribution is 0.942. The van der Waals surface area contributed by atoms with E-state index < -0.39 is 0 Å². The van der Waals surface area contributed by atoms with E-state index >= 15 is 0 Å². The Kier molecular flexibility index (Phi) is 4.93. The summed E-state index contributed by atoms with van der Waals surface area (Å²) in [6.45, 7) is 6.10. The molecular formula is C20H22N4O. The van der Waals surface area contributed by atoms with Gasteiger partial charge in [-0.1, -0.05) is 44.2 Å². The van der Waals surface area contributed by atoms with Crippen molar-refractivity contribution in [1.82, 2.24) is 9.55 Å². The van der Waals surface area contributed by atoms with Crippen molar-refractivity contribution in [3.63, 3.8) is 0 Å². The number of hydrogen-bond donors (Lipinski definition) is 1. The molecule has 0 amide bonds. The van der Waals surface area contributed by atoms with Crippen LogP contribution in [0.4, 0.5) is 5.95 Å². The first-order valence-electron chi connectivity index (χ1n) is 8.55. The van der Waals surface area contributed by atoms with Gasteiger partial charge in [0.1, 0.15) is 0 Å². The van der Waals surface area contributed by atoms with Crippen LogP contribution in [-0.2, 0) is 0 Å². The van der Waals surface area contributed by atoms with Crippen LogP contribution >= 0.6 is 0 Å².